The van der Waals surface area contributed by atoms with Gasteiger partial charge in [0.15, 0.2) is 0 Å². The van der Waals surface area contributed by atoms with Crippen LogP contribution in [0.15, 0.2) is 24.3 Å². The molecule has 6 heteroatoms. The quantitative estimate of drug-likeness (QED) is 0.840. The standard InChI is InChI=1S/C14H21NO4S/c1-4-6-13(5-2)20(18,19)15(3)12-9-7-11(8-10-12)14(16)17/h7-10,13H,4-6H2,1-3H3,(H,16,17). The van der Waals surface area contributed by atoms with E-state index in [1.165, 1.54) is 35.6 Å². The molecule has 1 atom stereocenters. The maximum atomic E-state index is 12.5. The van der Waals surface area contributed by atoms with E-state index >= 15 is 0 Å². The number of benzene rings is 1. The third kappa shape index (κ3) is 3.50. The van der Waals surface area contributed by atoms with Crippen LogP contribution in [0.2, 0.25) is 0 Å². The largest absolute Gasteiger partial charge is 0.478 e. The van der Waals surface area contributed by atoms with Gasteiger partial charge >= 0.3 is 5.97 Å². The minimum atomic E-state index is -3.41. The first-order valence-electron chi connectivity index (χ1n) is 6.65. The zero-order valence-electron chi connectivity index (χ0n) is 12.0. The van der Waals surface area contributed by atoms with Crippen LogP contribution < -0.4 is 4.31 Å². The average Bonchev–Trinajstić information content (AvgIpc) is 2.43. The van der Waals surface area contributed by atoms with E-state index in [1.54, 1.807) is 0 Å². The van der Waals surface area contributed by atoms with Gasteiger partial charge in [-0.2, -0.15) is 0 Å². The Labute approximate surface area is 120 Å². The molecule has 1 aromatic carbocycles. The van der Waals surface area contributed by atoms with Crippen molar-refractivity contribution in [3.05, 3.63) is 29.8 Å². The summed E-state index contributed by atoms with van der Waals surface area (Å²) in [6, 6.07) is 5.84. The Hall–Kier alpha value is -1.56. The van der Waals surface area contributed by atoms with Crippen molar-refractivity contribution >= 4 is 21.7 Å². The summed E-state index contributed by atoms with van der Waals surface area (Å²) in [7, 11) is -1.91. The lowest BCUT2D eigenvalue weighted by Gasteiger charge is -2.25. The number of aromatic carboxylic acids is 1. The zero-order chi connectivity index (χ0) is 15.3. The second kappa shape index (κ2) is 6.74. The Kier molecular flexibility index (Phi) is 5.56. The van der Waals surface area contributed by atoms with E-state index in [0.29, 0.717) is 18.5 Å². The van der Waals surface area contributed by atoms with Crippen LogP contribution in [0.5, 0.6) is 0 Å². The molecule has 0 fully saturated rings. The number of hydrogen-bond donors (Lipinski definition) is 1. The first kappa shape index (κ1) is 16.5. The van der Waals surface area contributed by atoms with Crippen LogP contribution in [0.1, 0.15) is 43.5 Å². The van der Waals surface area contributed by atoms with Crippen molar-refractivity contribution < 1.29 is 18.3 Å². The summed E-state index contributed by atoms with van der Waals surface area (Å²) in [6.45, 7) is 3.82. The highest BCUT2D eigenvalue weighted by Crippen LogP contribution is 2.23. The second-order valence-electron chi connectivity index (χ2n) is 4.68. The highest BCUT2D eigenvalue weighted by Gasteiger charge is 2.27. The van der Waals surface area contributed by atoms with Gasteiger partial charge < -0.3 is 5.11 Å². The fourth-order valence-corrected chi connectivity index (χ4v) is 3.89. The van der Waals surface area contributed by atoms with Crippen LogP contribution in [0, 0.1) is 0 Å². The van der Waals surface area contributed by atoms with Gasteiger partial charge in [0.25, 0.3) is 0 Å². The molecule has 0 radical (unpaired) electrons. The summed E-state index contributed by atoms with van der Waals surface area (Å²) in [4.78, 5) is 10.8. The van der Waals surface area contributed by atoms with Crippen LogP contribution >= 0.6 is 0 Å². The SMILES string of the molecule is CCCC(CC)S(=O)(=O)N(C)c1ccc(C(=O)O)cc1. The predicted octanol–water partition coefficient (Wildman–Crippen LogP) is 2.73. The monoisotopic (exact) mass is 299 g/mol. The molecule has 112 valence electrons. The van der Waals surface area contributed by atoms with E-state index in [-0.39, 0.29) is 5.56 Å². The minimum absolute atomic E-state index is 0.139. The number of sulfonamides is 1. The Balaban J connectivity index is 3.03. The van der Waals surface area contributed by atoms with Crippen molar-refractivity contribution in [2.24, 2.45) is 0 Å². The smallest absolute Gasteiger partial charge is 0.335 e. The van der Waals surface area contributed by atoms with E-state index in [4.69, 9.17) is 5.11 Å². The summed E-state index contributed by atoms with van der Waals surface area (Å²) in [5.74, 6) is -1.03. The molecule has 1 aromatic rings. The number of carboxylic acids is 1. The number of carboxylic acid groups (broad SMARTS) is 1. The van der Waals surface area contributed by atoms with Crippen LogP contribution in [0.25, 0.3) is 0 Å². The van der Waals surface area contributed by atoms with Crippen molar-refractivity contribution in [1.82, 2.24) is 0 Å². The lowest BCUT2D eigenvalue weighted by molar-refractivity contribution is 0.0697. The molecule has 0 spiro atoms. The topological polar surface area (TPSA) is 74.7 Å². The Morgan fingerprint density at radius 1 is 1.25 bits per heavy atom. The van der Waals surface area contributed by atoms with Crippen LogP contribution in [0.3, 0.4) is 0 Å². The first-order chi connectivity index (χ1) is 9.34. The molecule has 1 unspecified atom stereocenters. The molecule has 20 heavy (non-hydrogen) atoms. The van der Waals surface area contributed by atoms with Gasteiger partial charge in [0, 0.05) is 7.05 Å². The van der Waals surface area contributed by atoms with Gasteiger partial charge in [-0.1, -0.05) is 20.3 Å². The summed E-state index contributed by atoms with van der Waals surface area (Å²) >= 11 is 0. The highest BCUT2D eigenvalue weighted by atomic mass is 32.2. The number of nitrogens with zero attached hydrogens (tertiary/aromatic N) is 1. The number of rotatable bonds is 7. The van der Waals surface area contributed by atoms with Crippen molar-refractivity contribution in [1.29, 1.82) is 0 Å². The van der Waals surface area contributed by atoms with Crippen molar-refractivity contribution in [2.45, 2.75) is 38.4 Å². The number of anilines is 1. The Morgan fingerprint density at radius 3 is 2.20 bits per heavy atom. The molecule has 0 saturated carbocycles. The van der Waals surface area contributed by atoms with Gasteiger partial charge in [-0.05, 0) is 37.1 Å². The van der Waals surface area contributed by atoms with Crippen LogP contribution in [-0.4, -0.2) is 31.8 Å². The molecule has 1 rings (SSSR count). The van der Waals surface area contributed by atoms with E-state index in [1.807, 2.05) is 13.8 Å². The first-order valence-corrected chi connectivity index (χ1v) is 8.16. The summed E-state index contributed by atoms with van der Waals surface area (Å²) in [5.41, 5.74) is 0.615. The molecule has 1 N–H and O–H groups in total. The van der Waals surface area contributed by atoms with Gasteiger partial charge in [-0.25, -0.2) is 13.2 Å². The predicted molar refractivity (Wildman–Crippen MR) is 79.7 cm³/mol. The van der Waals surface area contributed by atoms with E-state index in [2.05, 4.69) is 0 Å². The van der Waals surface area contributed by atoms with Gasteiger partial charge in [-0.15, -0.1) is 0 Å². The Bertz CT molecular complexity index is 551. The van der Waals surface area contributed by atoms with E-state index in [9.17, 15) is 13.2 Å². The molecular weight excluding hydrogens is 278 g/mol. The normalized spacial score (nSPS) is 12.9. The molecule has 5 nitrogen and oxygen atoms in total. The number of hydrogen-bond acceptors (Lipinski definition) is 3. The van der Waals surface area contributed by atoms with Crippen molar-refractivity contribution in [3.8, 4) is 0 Å². The zero-order valence-corrected chi connectivity index (χ0v) is 12.9. The molecule has 0 amide bonds. The molecule has 0 aromatic heterocycles. The molecule has 0 aliphatic heterocycles. The van der Waals surface area contributed by atoms with E-state index < -0.39 is 21.2 Å². The summed E-state index contributed by atoms with van der Waals surface area (Å²) in [5, 5.41) is 8.43. The fraction of sp³-hybridized carbons (Fsp3) is 0.500. The molecule has 0 bridgehead atoms. The van der Waals surface area contributed by atoms with Gasteiger partial charge in [0.1, 0.15) is 0 Å². The summed E-state index contributed by atoms with van der Waals surface area (Å²) < 4.78 is 26.2. The van der Waals surface area contributed by atoms with Crippen molar-refractivity contribution in [2.75, 3.05) is 11.4 Å². The lowest BCUT2D eigenvalue weighted by Crippen LogP contribution is -2.35. The lowest BCUT2D eigenvalue weighted by atomic mass is 10.2. The molecule has 0 heterocycles. The Morgan fingerprint density at radius 2 is 1.80 bits per heavy atom. The molecule has 0 saturated heterocycles. The number of carbonyl (C=O) groups is 1. The third-order valence-electron chi connectivity index (χ3n) is 3.35. The fourth-order valence-electron chi connectivity index (χ4n) is 2.07. The van der Waals surface area contributed by atoms with Gasteiger partial charge in [-0.3, -0.25) is 4.31 Å². The van der Waals surface area contributed by atoms with Gasteiger partial charge in [0.05, 0.1) is 16.5 Å². The van der Waals surface area contributed by atoms with Crippen molar-refractivity contribution in [3.63, 3.8) is 0 Å². The second-order valence-corrected chi connectivity index (χ2v) is 6.93. The molecule has 0 aliphatic carbocycles. The molecular formula is C14H21NO4S. The maximum Gasteiger partial charge on any atom is 0.335 e. The maximum absolute atomic E-state index is 12.5. The minimum Gasteiger partial charge on any atom is -0.478 e. The van der Waals surface area contributed by atoms with Crippen LogP contribution in [0.4, 0.5) is 5.69 Å². The average molecular weight is 299 g/mol. The highest BCUT2D eigenvalue weighted by molar-refractivity contribution is 7.93. The third-order valence-corrected chi connectivity index (χ3v) is 5.73. The van der Waals surface area contributed by atoms with Gasteiger partial charge in [0.2, 0.25) is 10.0 Å². The van der Waals surface area contributed by atoms with Crippen LogP contribution in [-0.2, 0) is 10.0 Å². The van der Waals surface area contributed by atoms with E-state index in [0.717, 1.165) is 6.42 Å². The molecule has 0 aliphatic rings. The summed E-state index contributed by atoms with van der Waals surface area (Å²) in [6.07, 6.45) is 1.99.